The molecule has 12 heavy (non-hydrogen) atoms. The van der Waals surface area contributed by atoms with Gasteiger partial charge in [-0.1, -0.05) is 12.8 Å². The molecule has 0 aromatic rings. The largest absolute Gasteiger partial charge is 0.336 e. The number of nitrogens with one attached hydrogen (secondary N) is 1. The Morgan fingerprint density at radius 2 is 2.42 bits per heavy atom. The SMILES string of the molecule is CC(CC1CC1)N1CCNC1=O. The van der Waals surface area contributed by atoms with Crippen LogP contribution in [0.1, 0.15) is 26.2 Å². The van der Waals surface area contributed by atoms with E-state index in [0.717, 1.165) is 19.0 Å². The zero-order valence-corrected chi connectivity index (χ0v) is 7.55. The minimum atomic E-state index is 0.128. The maximum Gasteiger partial charge on any atom is 0.317 e. The van der Waals surface area contributed by atoms with Crippen LogP contribution >= 0.6 is 0 Å². The molecular formula is C9H16N2O. The highest BCUT2D eigenvalue weighted by atomic mass is 16.2. The Labute approximate surface area is 73.1 Å². The highest BCUT2D eigenvalue weighted by Crippen LogP contribution is 2.34. The molecule has 0 bridgehead atoms. The topological polar surface area (TPSA) is 32.3 Å². The molecular weight excluding hydrogens is 152 g/mol. The van der Waals surface area contributed by atoms with Crippen LogP contribution in [0.25, 0.3) is 0 Å². The molecule has 3 nitrogen and oxygen atoms in total. The number of amides is 2. The first-order valence-corrected chi connectivity index (χ1v) is 4.82. The van der Waals surface area contributed by atoms with E-state index in [1.54, 1.807) is 0 Å². The third kappa shape index (κ3) is 1.54. The maximum absolute atomic E-state index is 11.2. The standard InChI is InChI=1S/C9H16N2O/c1-7(6-8-2-3-8)11-5-4-10-9(11)12/h7-8H,2-6H2,1H3,(H,10,12). The summed E-state index contributed by atoms with van der Waals surface area (Å²) in [6.45, 7) is 3.88. The summed E-state index contributed by atoms with van der Waals surface area (Å²) in [6, 6.07) is 0.572. The van der Waals surface area contributed by atoms with Crippen molar-refractivity contribution < 1.29 is 4.79 Å². The number of hydrogen-bond donors (Lipinski definition) is 1. The molecule has 2 aliphatic rings. The quantitative estimate of drug-likeness (QED) is 0.674. The van der Waals surface area contributed by atoms with Gasteiger partial charge in [-0.15, -0.1) is 0 Å². The van der Waals surface area contributed by atoms with Crippen molar-refractivity contribution in [1.82, 2.24) is 10.2 Å². The van der Waals surface area contributed by atoms with Crippen molar-refractivity contribution >= 4 is 6.03 Å². The Kier molecular flexibility index (Phi) is 1.95. The van der Waals surface area contributed by atoms with E-state index in [1.165, 1.54) is 19.3 Å². The Balaban J connectivity index is 1.84. The van der Waals surface area contributed by atoms with Gasteiger partial charge in [0.2, 0.25) is 0 Å². The summed E-state index contributed by atoms with van der Waals surface area (Å²) in [6.07, 6.45) is 3.95. The van der Waals surface area contributed by atoms with E-state index < -0.39 is 0 Å². The van der Waals surface area contributed by atoms with E-state index in [-0.39, 0.29) is 6.03 Å². The lowest BCUT2D eigenvalue weighted by molar-refractivity contribution is 0.197. The van der Waals surface area contributed by atoms with Crippen LogP contribution in [0.2, 0.25) is 0 Å². The molecule has 1 aliphatic heterocycles. The minimum absolute atomic E-state index is 0.128. The molecule has 1 atom stereocenters. The van der Waals surface area contributed by atoms with Crippen molar-refractivity contribution in [2.75, 3.05) is 13.1 Å². The number of urea groups is 1. The van der Waals surface area contributed by atoms with Gasteiger partial charge in [-0.25, -0.2) is 4.79 Å². The third-order valence-corrected chi connectivity index (χ3v) is 2.79. The number of rotatable bonds is 3. The normalized spacial score (nSPS) is 25.8. The van der Waals surface area contributed by atoms with Gasteiger partial charge in [0, 0.05) is 19.1 Å². The minimum Gasteiger partial charge on any atom is -0.336 e. The Bertz CT molecular complexity index is 189. The zero-order valence-electron chi connectivity index (χ0n) is 7.55. The van der Waals surface area contributed by atoms with Crippen molar-refractivity contribution in [3.05, 3.63) is 0 Å². The molecule has 68 valence electrons. The van der Waals surface area contributed by atoms with Gasteiger partial charge in [0.1, 0.15) is 0 Å². The molecule has 1 N–H and O–H groups in total. The first-order valence-electron chi connectivity index (χ1n) is 4.82. The van der Waals surface area contributed by atoms with Crippen molar-refractivity contribution in [2.24, 2.45) is 5.92 Å². The molecule has 3 heteroatoms. The van der Waals surface area contributed by atoms with Crippen LogP contribution in [-0.2, 0) is 0 Å². The number of hydrogen-bond acceptors (Lipinski definition) is 1. The summed E-state index contributed by atoms with van der Waals surface area (Å²) < 4.78 is 0. The van der Waals surface area contributed by atoms with E-state index in [4.69, 9.17) is 0 Å². The lowest BCUT2D eigenvalue weighted by Crippen LogP contribution is -2.36. The summed E-state index contributed by atoms with van der Waals surface area (Å²) in [5.41, 5.74) is 0. The zero-order chi connectivity index (χ0) is 8.55. The fourth-order valence-corrected chi connectivity index (χ4v) is 1.87. The molecule has 0 aromatic carbocycles. The highest BCUT2D eigenvalue weighted by Gasteiger charge is 2.30. The number of carbonyl (C=O) groups excluding carboxylic acids is 1. The smallest absolute Gasteiger partial charge is 0.317 e. The second-order valence-corrected chi connectivity index (χ2v) is 3.95. The third-order valence-electron chi connectivity index (χ3n) is 2.79. The molecule has 1 aliphatic carbocycles. The van der Waals surface area contributed by atoms with Crippen LogP contribution in [0.3, 0.4) is 0 Å². The summed E-state index contributed by atoms with van der Waals surface area (Å²) in [5, 5.41) is 2.83. The predicted molar refractivity (Wildman–Crippen MR) is 46.9 cm³/mol. The monoisotopic (exact) mass is 168 g/mol. The van der Waals surface area contributed by atoms with Gasteiger partial charge in [0.15, 0.2) is 0 Å². The van der Waals surface area contributed by atoms with Crippen LogP contribution in [-0.4, -0.2) is 30.1 Å². The number of carbonyl (C=O) groups is 1. The molecule has 2 rings (SSSR count). The second kappa shape index (κ2) is 2.96. The van der Waals surface area contributed by atoms with Crippen molar-refractivity contribution in [1.29, 1.82) is 0 Å². The molecule has 1 saturated heterocycles. The number of nitrogens with zero attached hydrogens (tertiary/aromatic N) is 1. The molecule has 0 spiro atoms. The van der Waals surface area contributed by atoms with Crippen LogP contribution in [0.15, 0.2) is 0 Å². The van der Waals surface area contributed by atoms with E-state index in [9.17, 15) is 4.79 Å². The van der Waals surface area contributed by atoms with Crippen LogP contribution in [0, 0.1) is 5.92 Å². The molecule has 0 radical (unpaired) electrons. The molecule has 1 saturated carbocycles. The van der Waals surface area contributed by atoms with E-state index in [0.29, 0.717) is 6.04 Å². The lowest BCUT2D eigenvalue weighted by Gasteiger charge is -2.22. The highest BCUT2D eigenvalue weighted by molar-refractivity contribution is 5.76. The lowest BCUT2D eigenvalue weighted by atomic mass is 10.1. The summed E-state index contributed by atoms with van der Waals surface area (Å²) in [5.74, 6) is 0.911. The summed E-state index contributed by atoms with van der Waals surface area (Å²) >= 11 is 0. The van der Waals surface area contributed by atoms with Crippen molar-refractivity contribution in [3.8, 4) is 0 Å². The van der Waals surface area contributed by atoms with E-state index >= 15 is 0 Å². The molecule has 0 aromatic heterocycles. The van der Waals surface area contributed by atoms with E-state index in [2.05, 4.69) is 12.2 Å². The van der Waals surface area contributed by atoms with Crippen LogP contribution in [0.4, 0.5) is 4.79 Å². The Morgan fingerprint density at radius 3 is 2.92 bits per heavy atom. The predicted octanol–water partition coefficient (Wildman–Crippen LogP) is 1.20. The molecule has 2 amide bonds. The van der Waals surface area contributed by atoms with Gasteiger partial charge in [-0.3, -0.25) is 0 Å². The first-order chi connectivity index (χ1) is 5.77. The van der Waals surface area contributed by atoms with Gasteiger partial charge in [-0.2, -0.15) is 0 Å². The maximum atomic E-state index is 11.2. The van der Waals surface area contributed by atoms with E-state index in [1.807, 2.05) is 4.90 Å². The van der Waals surface area contributed by atoms with Crippen molar-refractivity contribution in [3.63, 3.8) is 0 Å². The van der Waals surface area contributed by atoms with Crippen molar-refractivity contribution in [2.45, 2.75) is 32.2 Å². The van der Waals surface area contributed by atoms with Gasteiger partial charge >= 0.3 is 6.03 Å². The first kappa shape index (κ1) is 7.90. The average molecular weight is 168 g/mol. The Hall–Kier alpha value is -0.730. The molecule has 1 unspecified atom stereocenters. The fourth-order valence-electron chi connectivity index (χ4n) is 1.87. The van der Waals surface area contributed by atoms with Crippen LogP contribution < -0.4 is 5.32 Å². The fraction of sp³-hybridized carbons (Fsp3) is 0.889. The summed E-state index contributed by atoms with van der Waals surface area (Å²) in [7, 11) is 0. The average Bonchev–Trinajstić information content (AvgIpc) is 2.72. The summed E-state index contributed by atoms with van der Waals surface area (Å²) in [4.78, 5) is 13.2. The van der Waals surface area contributed by atoms with Crippen LogP contribution in [0.5, 0.6) is 0 Å². The second-order valence-electron chi connectivity index (χ2n) is 3.95. The van der Waals surface area contributed by atoms with Gasteiger partial charge in [0.05, 0.1) is 0 Å². The van der Waals surface area contributed by atoms with Gasteiger partial charge in [-0.05, 0) is 19.3 Å². The van der Waals surface area contributed by atoms with Gasteiger partial charge < -0.3 is 10.2 Å². The molecule has 1 heterocycles. The Morgan fingerprint density at radius 1 is 1.67 bits per heavy atom. The van der Waals surface area contributed by atoms with Gasteiger partial charge in [0.25, 0.3) is 0 Å². The molecule has 2 fully saturated rings.